The number of amides is 2. The number of ether oxygens (including phenoxy) is 1. The average molecular weight is 306 g/mol. The summed E-state index contributed by atoms with van der Waals surface area (Å²) in [6.45, 7) is 2.98. The van der Waals surface area contributed by atoms with Crippen molar-refractivity contribution in [3.63, 3.8) is 0 Å². The monoisotopic (exact) mass is 306 g/mol. The molecule has 0 bridgehead atoms. The van der Waals surface area contributed by atoms with Gasteiger partial charge in [-0.3, -0.25) is 9.59 Å². The van der Waals surface area contributed by atoms with Gasteiger partial charge in [-0.2, -0.15) is 0 Å². The lowest BCUT2D eigenvalue weighted by atomic mass is 10.3. The number of hydrogen-bond donors (Lipinski definition) is 3. The highest BCUT2D eigenvalue weighted by Crippen LogP contribution is 2.23. The third-order valence-corrected chi connectivity index (χ3v) is 3.33. The van der Waals surface area contributed by atoms with Gasteiger partial charge in [0.1, 0.15) is 5.75 Å². The van der Waals surface area contributed by atoms with Gasteiger partial charge in [-0.05, 0) is 31.9 Å². The Balaban J connectivity index is 1.80. The molecule has 1 atom stereocenters. The van der Waals surface area contributed by atoms with E-state index in [1.165, 1.54) is 0 Å². The van der Waals surface area contributed by atoms with Crippen molar-refractivity contribution in [2.45, 2.75) is 25.8 Å². The maximum absolute atomic E-state index is 12.1. The smallest absolute Gasteiger partial charge is 0.279 e. The molecule has 0 spiro atoms. The number of para-hydroxylation sites is 2. The Bertz CT molecular complexity index is 529. The van der Waals surface area contributed by atoms with Gasteiger partial charge in [0, 0.05) is 6.04 Å². The molecule has 2 amide bonds. The predicted octanol–water partition coefficient (Wildman–Crippen LogP) is -0.183. The molecule has 2 rings (SSSR count). The molecule has 3 N–H and O–H groups in total. The number of quaternary nitrogens is 1. The molecule has 0 aromatic heterocycles. The zero-order valence-corrected chi connectivity index (χ0v) is 13.1. The Kier molecular flexibility index (Phi) is 5.77. The minimum absolute atomic E-state index is 0.00233. The summed E-state index contributed by atoms with van der Waals surface area (Å²) in [6, 6.07) is 7.68. The van der Waals surface area contributed by atoms with Gasteiger partial charge in [0.05, 0.1) is 19.3 Å². The fourth-order valence-corrected chi connectivity index (χ4v) is 2.16. The van der Waals surface area contributed by atoms with Crippen molar-refractivity contribution < 1.29 is 19.2 Å². The van der Waals surface area contributed by atoms with E-state index in [2.05, 4.69) is 10.6 Å². The molecule has 1 aromatic rings. The maximum Gasteiger partial charge on any atom is 0.279 e. The van der Waals surface area contributed by atoms with Crippen LogP contribution in [0.1, 0.15) is 19.8 Å². The van der Waals surface area contributed by atoms with E-state index in [0.717, 1.165) is 17.7 Å². The first-order valence-electron chi connectivity index (χ1n) is 7.70. The molecule has 120 valence electrons. The van der Waals surface area contributed by atoms with E-state index in [9.17, 15) is 9.59 Å². The van der Waals surface area contributed by atoms with Crippen molar-refractivity contribution >= 4 is 17.5 Å². The summed E-state index contributed by atoms with van der Waals surface area (Å²) in [4.78, 5) is 24.6. The van der Waals surface area contributed by atoms with Crippen molar-refractivity contribution in [3.05, 3.63) is 24.3 Å². The van der Waals surface area contributed by atoms with Gasteiger partial charge in [-0.1, -0.05) is 12.1 Å². The second-order valence-electron chi connectivity index (χ2n) is 5.63. The molecule has 22 heavy (non-hydrogen) atoms. The molecule has 1 saturated carbocycles. The zero-order chi connectivity index (χ0) is 15.9. The van der Waals surface area contributed by atoms with E-state index in [1.54, 1.807) is 6.07 Å². The van der Waals surface area contributed by atoms with Crippen LogP contribution < -0.4 is 20.3 Å². The Morgan fingerprint density at radius 3 is 2.59 bits per heavy atom. The highest BCUT2D eigenvalue weighted by Gasteiger charge is 2.25. The van der Waals surface area contributed by atoms with Gasteiger partial charge in [-0.25, -0.2) is 0 Å². The molecule has 1 aliphatic rings. The molecule has 1 aromatic carbocycles. The third kappa shape index (κ3) is 5.37. The standard InChI is InChI=1S/C16H23N3O3/c1-3-22-14-7-5-4-6-13(14)18-16(21)11-19(2)10-15(20)17-12-8-9-12/h4-7,12H,3,8-11H2,1-2H3,(H,17,20)(H,18,21)/p+1. The highest BCUT2D eigenvalue weighted by atomic mass is 16.5. The van der Waals surface area contributed by atoms with Gasteiger partial charge < -0.3 is 20.3 Å². The topological polar surface area (TPSA) is 71.9 Å². The second kappa shape index (κ2) is 7.79. The van der Waals surface area contributed by atoms with E-state index in [1.807, 2.05) is 32.2 Å². The first-order chi connectivity index (χ1) is 10.6. The van der Waals surface area contributed by atoms with Gasteiger partial charge in [0.2, 0.25) is 0 Å². The molecule has 0 saturated heterocycles. The molecule has 0 aliphatic heterocycles. The summed E-state index contributed by atoms with van der Waals surface area (Å²) < 4.78 is 5.47. The molecule has 1 unspecified atom stereocenters. The van der Waals surface area contributed by atoms with Crippen LogP contribution in [0.15, 0.2) is 24.3 Å². The molecular formula is C16H24N3O3+. The van der Waals surface area contributed by atoms with E-state index in [0.29, 0.717) is 30.6 Å². The number of nitrogens with one attached hydrogen (secondary N) is 3. The second-order valence-corrected chi connectivity index (χ2v) is 5.63. The van der Waals surface area contributed by atoms with Crippen LogP contribution in [0.5, 0.6) is 5.75 Å². The number of carbonyl (C=O) groups excluding carboxylic acids is 2. The fourth-order valence-electron chi connectivity index (χ4n) is 2.16. The van der Waals surface area contributed by atoms with Crippen LogP contribution in [-0.4, -0.2) is 44.6 Å². The number of benzene rings is 1. The largest absolute Gasteiger partial charge is 0.492 e. The van der Waals surface area contributed by atoms with E-state index >= 15 is 0 Å². The van der Waals surface area contributed by atoms with Crippen LogP contribution in [0, 0.1) is 0 Å². The summed E-state index contributed by atoms with van der Waals surface area (Å²) in [5.74, 6) is 0.522. The van der Waals surface area contributed by atoms with Gasteiger partial charge in [0.25, 0.3) is 11.8 Å². The van der Waals surface area contributed by atoms with Crippen molar-refractivity contribution in [1.82, 2.24) is 5.32 Å². The molecule has 1 aliphatic carbocycles. The fraction of sp³-hybridized carbons (Fsp3) is 0.500. The van der Waals surface area contributed by atoms with Crippen LogP contribution >= 0.6 is 0 Å². The summed E-state index contributed by atoms with van der Waals surface area (Å²) in [7, 11) is 1.83. The van der Waals surface area contributed by atoms with Crippen molar-refractivity contribution in [2.24, 2.45) is 0 Å². The quantitative estimate of drug-likeness (QED) is 0.624. The predicted molar refractivity (Wildman–Crippen MR) is 84.0 cm³/mol. The molecule has 1 fully saturated rings. The zero-order valence-electron chi connectivity index (χ0n) is 13.1. The van der Waals surface area contributed by atoms with Gasteiger partial charge >= 0.3 is 0 Å². The number of carbonyl (C=O) groups is 2. The molecule has 6 heteroatoms. The Labute approximate surface area is 130 Å². The Morgan fingerprint density at radius 2 is 1.91 bits per heavy atom. The van der Waals surface area contributed by atoms with Crippen molar-refractivity contribution in [2.75, 3.05) is 32.1 Å². The Morgan fingerprint density at radius 1 is 1.23 bits per heavy atom. The first kappa shape index (κ1) is 16.3. The molecule has 6 nitrogen and oxygen atoms in total. The maximum atomic E-state index is 12.1. The van der Waals surface area contributed by atoms with E-state index in [4.69, 9.17) is 4.74 Å². The van der Waals surface area contributed by atoms with Crippen molar-refractivity contribution in [1.29, 1.82) is 0 Å². The third-order valence-electron chi connectivity index (χ3n) is 3.33. The van der Waals surface area contributed by atoms with Crippen LogP contribution in [0.25, 0.3) is 0 Å². The Hall–Kier alpha value is -2.08. The van der Waals surface area contributed by atoms with Crippen LogP contribution in [0.4, 0.5) is 5.69 Å². The normalized spacial score (nSPS) is 15.0. The lowest BCUT2D eigenvalue weighted by Crippen LogP contribution is -3.11. The summed E-state index contributed by atoms with van der Waals surface area (Å²) in [5, 5.41) is 5.76. The number of likely N-dealkylation sites (N-methyl/N-ethyl adjacent to an activating group) is 1. The summed E-state index contributed by atoms with van der Waals surface area (Å²) in [6.07, 6.45) is 2.14. The molecular weight excluding hydrogens is 282 g/mol. The van der Waals surface area contributed by atoms with Crippen molar-refractivity contribution in [3.8, 4) is 5.75 Å². The molecule has 0 heterocycles. The van der Waals surface area contributed by atoms with Crippen LogP contribution in [-0.2, 0) is 9.59 Å². The number of rotatable bonds is 8. The minimum Gasteiger partial charge on any atom is -0.492 e. The summed E-state index contributed by atoms with van der Waals surface area (Å²) >= 11 is 0. The summed E-state index contributed by atoms with van der Waals surface area (Å²) in [5.41, 5.74) is 0.657. The van der Waals surface area contributed by atoms with E-state index in [-0.39, 0.29) is 18.4 Å². The van der Waals surface area contributed by atoms with Gasteiger partial charge in [0.15, 0.2) is 13.1 Å². The SMILES string of the molecule is CCOc1ccccc1NC(=O)C[NH+](C)CC(=O)NC1CC1. The first-order valence-corrected chi connectivity index (χ1v) is 7.70. The number of hydrogen-bond acceptors (Lipinski definition) is 3. The highest BCUT2D eigenvalue weighted by molar-refractivity contribution is 5.93. The lowest BCUT2D eigenvalue weighted by molar-refractivity contribution is -0.862. The molecule has 0 radical (unpaired) electrons. The lowest BCUT2D eigenvalue weighted by Gasteiger charge is -2.15. The van der Waals surface area contributed by atoms with Crippen LogP contribution in [0.3, 0.4) is 0 Å². The average Bonchev–Trinajstić information content (AvgIpc) is 3.24. The van der Waals surface area contributed by atoms with Crippen LogP contribution in [0.2, 0.25) is 0 Å². The number of anilines is 1. The van der Waals surface area contributed by atoms with Gasteiger partial charge in [-0.15, -0.1) is 0 Å². The minimum atomic E-state index is -0.135. The van der Waals surface area contributed by atoms with E-state index < -0.39 is 0 Å².